The molecule has 5 nitrogen and oxygen atoms in total. The van der Waals surface area contributed by atoms with Gasteiger partial charge in [0.05, 0.1) is 36.0 Å². The summed E-state index contributed by atoms with van der Waals surface area (Å²) in [6, 6.07) is 5.71. The Morgan fingerprint density at radius 2 is 2.12 bits per heavy atom. The Bertz CT molecular complexity index is 759. The molecule has 0 saturated heterocycles. The number of halogens is 3. The molecule has 0 N–H and O–H groups in total. The predicted molar refractivity (Wildman–Crippen MR) is 84.8 cm³/mol. The third-order valence-corrected chi connectivity index (χ3v) is 6.30. The molecule has 0 amide bonds. The molecule has 0 spiro atoms. The summed E-state index contributed by atoms with van der Waals surface area (Å²) in [5.74, 6) is -0.680. The molecular weight excluding hydrogens is 357 g/mol. The Hall–Kier alpha value is -1.63. The number of ether oxygens (including phenoxy) is 1. The second kappa shape index (κ2) is 7.32. The Kier molecular flexibility index (Phi) is 5.76. The lowest BCUT2D eigenvalue weighted by Crippen LogP contribution is -2.36. The molecule has 1 aromatic carbocycles. The van der Waals surface area contributed by atoms with Crippen LogP contribution in [-0.2, 0) is 20.9 Å². The van der Waals surface area contributed by atoms with Crippen molar-refractivity contribution >= 4 is 10.0 Å². The van der Waals surface area contributed by atoms with E-state index in [1.54, 1.807) is 0 Å². The van der Waals surface area contributed by atoms with Crippen LogP contribution < -0.4 is 0 Å². The second-order valence-corrected chi connectivity index (χ2v) is 8.19. The number of methoxy groups -OCH3 is 1. The van der Waals surface area contributed by atoms with E-state index < -0.39 is 27.8 Å². The van der Waals surface area contributed by atoms with E-state index in [-0.39, 0.29) is 29.8 Å². The zero-order chi connectivity index (χ0) is 18.8. The molecule has 138 valence electrons. The van der Waals surface area contributed by atoms with E-state index in [4.69, 9.17) is 10.00 Å². The van der Waals surface area contributed by atoms with Gasteiger partial charge in [0.15, 0.2) is 0 Å². The van der Waals surface area contributed by atoms with Gasteiger partial charge in [-0.2, -0.15) is 22.7 Å². The van der Waals surface area contributed by atoms with E-state index in [2.05, 4.69) is 0 Å². The van der Waals surface area contributed by atoms with Crippen molar-refractivity contribution < 1.29 is 26.3 Å². The topological polar surface area (TPSA) is 70.4 Å². The minimum Gasteiger partial charge on any atom is -0.383 e. The van der Waals surface area contributed by atoms with Crippen molar-refractivity contribution in [3.8, 4) is 6.07 Å². The Labute approximate surface area is 145 Å². The van der Waals surface area contributed by atoms with Crippen LogP contribution in [0.3, 0.4) is 0 Å². The summed E-state index contributed by atoms with van der Waals surface area (Å²) in [6.45, 7) is -0.0800. The molecule has 1 aliphatic carbocycles. The zero-order valence-electron chi connectivity index (χ0n) is 13.8. The van der Waals surface area contributed by atoms with Crippen LogP contribution in [0.1, 0.15) is 23.6 Å². The monoisotopic (exact) mass is 376 g/mol. The minimum absolute atomic E-state index is 0.0800. The van der Waals surface area contributed by atoms with E-state index in [0.717, 1.165) is 16.4 Å². The molecule has 1 aromatic rings. The van der Waals surface area contributed by atoms with E-state index >= 15 is 0 Å². The fourth-order valence-electron chi connectivity index (χ4n) is 2.66. The number of benzene rings is 1. The summed E-state index contributed by atoms with van der Waals surface area (Å²) in [6.07, 6.45) is -3.98. The van der Waals surface area contributed by atoms with Crippen molar-refractivity contribution in [2.75, 3.05) is 26.5 Å². The highest BCUT2D eigenvalue weighted by atomic mass is 32.2. The van der Waals surface area contributed by atoms with Gasteiger partial charge in [0.25, 0.3) is 0 Å². The van der Waals surface area contributed by atoms with Crippen molar-refractivity contribution in [2.45, 2.75) is 18.6 Å². The first kappa shape index (κ1) is 19.7. The molecule has 1 unspecified atom stereocenters. The molecule has 1 saturated carbocycles. The molecule has 0 heterocycles. The van der Waals surface area contributed by atoms with Gasteiger partial charge < -0.3 is 4.74 Å². The number of nitrogens with zero attached hydrogens (tertiary/aromatic N) is 2. The van der Waals surface area contributed by atoms with Crippen LogP contribution in [0.5, 0.6) is 0 Å². The van der Waals surface area contributed by atoms with E-state index in [0.29, 0.717) is 6.42 Å². The van der Waals surface area contributed by atoms with Gasteiger partial charge in [-0.05, 0) is 30.0 Å². The summed E-state index contributed by atoms with van der Waals surface area (Å²) in [7, 11) is -1.06. The number of hydrogen-bond donors (Lipinski definition) is 0. The van der Waals surface area contributed by atoms with Gasteiger partial charge in [-0.15, -0.1) is 0 Å². The minimum atomic E-state index is -4.51. The van der Waals surface area contributed by atoms with Crippen molar-refractivity contribution in [2.24, 2.45) is 11.8 Å². The highest BCUT2D eigenvalue weighted by Crippen LogP contribution is 2.40. The number of hydrogen-bond acceptors (Lipinski definition) is 4. The van der Waals surface area contributed by atoms with Crippen molar-refractivity contribution in [3.05, 3.63) is 35.4 Å². The predicted octanol–water partition coefficient (Wildman–Crippen LogP) is 2.81. The standard InChI is InChI=1S/C16H19F3N2O3S/c1-21(25(22,23)10-13-6-12(13)8-20)15(9-24-2)11-4-3-5-14(7-11)16(17,18)19/h3-5,7,12-13,15H,6,9-10H2,1-2H3/t12-,13-,15?/m0/s1. The van der Waals surface area contributed by atoms with E-state index in [9.17, 15) is 21.6 Å². The van der Waals surface area contributed by atoms with Crippen LogP contribution in [0.4, 0.5) is 13.2 Å². The SMILES string of the molecule is COCC(c1cccc(C(F)(F)F)c1)N(C)S(=O)(=O)C[C@@H]1C[C@H]1C#N. The van der Waals surface area contributed by atoms with Crippen LogP contribution in [0.2, 0.25) is 0 Å². The Morgan fingerprint density at radius 1 is 1.44 bits per heavy atom. The van der Waals surface area contributed by atoms with Crippen LogP contribution >= 0.6 is 0 Å². The summed E-state index contributed by atoms with van der Waals surface area (Å²) < 4.78 is 69.9. The fourth-order valence-corrected chi connectivity index (χ4v) is 4.38. The Balaban J connectivity index is 2.26. The van der Waals surface area contributed by atoms with E-state index in [1.807, 2.05) is 6.07 Å². The Morgan fingerprint density at radius 3 is 2.64 bits per heavy atom. The molecule has 0 aromatic heterocycles. The lowest BCUT2D eigenvalue weighted by atomic mass is 10.0. The quantitative estimate of drug-likeness (QED) is 0.734. The molecule has 0 radical (unpaired) electrons. The summed E-state index contributed by atoms with van der Waals surface area (Å²) in [5.41, 5.74) is -0.640. The smallest absolute Gasteiger partial charge is 0.383 e. The van der Waals surface area contributed by atoms with Crippen molar-refractivity contribution in [1.29, 1.82) is 5.26 Å². The maximum Gasteiger partial charge on any atom is 0.416 e. The number of nitriles is 1. The largest absolute Gasteiger partial charge is 0.416 e. The van der Waals surface area contributed by atoms with Gasteiger partial charge >= 0.3 is 6.18 Å². The third kappa shape index (κ3) is 4.71. The van der Waals surface area contributed by atoms with Crippen molar-refractivity contribution in [1.82, 2.24) is 4.31 Å². The second-order valence-electron chi connectivity index (χ2n) is 6.12. The van der Waals surface area contributed by atoms with Crippen LogP contribution in [0.25, 0.3) is 0 Å². The molecule has 0 aliphatic heterocycles. The fraction of sp³-hybridized carbons (Fsp3) is 0.562. The lowest BCUT2D eigenvalue weighted by molar-refractivity contribution is -0.137. The first-order valence-corrected chi connectivity index (χ1v) is 9.22. The van der Waals surface area contributed by atoms with E-state index in [1.165, 1.54) is 26.3 Å². The molecule has 1 aliphatic rings. The van der Waals surface area contributed by atoms with Crippen LogP contribution in [0, 0.1) is 23.2 Å². The van der Waals surface area contributed by atoms with Gasteiger partial charge in [-0.25, -0.2) is 8.42 Å². The summed E-state index contributed by atoms with van der Waals surface area (Å²) in [5, 5.41) is 8.81. The van der Waals surface area contributed by atoms with Crippen molar-refractivity contribution in [3.63, 3.8) is 0 Å². The number of likely N-dealkylation sites (N-methyl/N-ethyl adjacent to an activating group) is 1. The van der Waals surface area contributed by atoms with Crippen LogP contribution in [-0.4, -0.2) is 39.2 Å². The first-order valence-electron chi connectivity index (χ1n) is 7.61. The van der Waals surface area contributed by atoms with Gasteiger partial charge in [-0.3, -0.25) is 0 Å². The highest BCUT2D eigenvalue weighted by Gasteiger charge is 2.42. The number of alkyl halides is 3. The molecule has 1 fully saturated rings. The lowest BCUT2D eigenvalue weighted by Gasteiger charge is -2.28. The molecule has 9 heteroatoms. The maximum absolute atomic E-state index is 12.9. The summed E-state index contributed by atoms with van der Waals surface area (Å²) in [4.78, 5) is 0. The van der Waals surface area contributed by atoms with Gasteiger partial charge in [0.2, 0.25) is 10.0 Å². The normalized spacial score (nSPS) is 21.8. The third-order valence-electron chi connectivity index (χ3n) is 4.31. The maximum atomic E-state index is 12.9. The first-order chi connectivity index (χ1) is 11.6. The molecule has 0 bridgehead atoms. The highest BCUT2D eigenvalue weighted by molar-refractivity contribution is 7.89. The van der Waals surface area contributed by atoms with Gasteiger partial charge in [0, 0.05) is 14.2 Å². The number of sulfonamides is 1. The molecular formula is C16H19F3N2O3S. The number of rotatable bonds is 7. The average Bonchev–Trinajstić information content (AvgIpc) is 3.28. The zero-order valence-corrected chi connectivity index (χ0v) is 14.6. The molecule has 2 rings (SSSR count). The van der Waals surface area contributed by atoms with Crippen LogP contribution in [0.15, 0.2) is 24.3 Å². The van der Waals surface area contributed by atoms with Gasteiger partial charge in [0.1, 0.15) is 0 Å². The summed E-state index contributed by atoms with van der Waals surface area (Å²) >= 11 is 0. The molecule has 25 heavy (non-hydrogen) atoms. The average molecular weight is 376 g/mol. The van der Waals surface area contributed by atoms with Gasteiger partial charge in [-0.1, -0.05) is 12.1 Å². The molecule has 3 atom stereocenters.